The van der Waals surface area contributed by atoms with E-state index in [1.165, 1.54) is 11.1 Å². The molecule has 0 fully saturated rings. The summed E-state index contributed by atoms with van der Waals surface area (Å²) in [6.07, 6.45) is 1.39. The van der Waals surface area contributed by atoms with Crippen LogP contribution in [0, 0.1) is 5.92 Å². The molecule has 0 aromatic heterocycles. The van der Waals surface area contributed by atoms with Crippen LogP contribution in [0.25, 0.3) is 11.1 Å². The van der Waals surface area contributed by atoms with Crippen molar-refractivity contribution < 1.29 is 24.2 Å². The highest BCUT2D eigenvalue weighted by Gasteiger charge is 2.29. The minimum absolute atomic E-state index is 0.00467. The van der Waals surface area contributed by atoms with E-state index in [9.17, 15) is 14.4 Å². The van der Waals surface area contributed by atoms with E-state index in [0.29, 0.717) is 25.8 Å². The molecule has 0 aliphatic heterocycles. The van der Waals surface area contributed by atoms with Crippen molar-refractivity contribution >= 4 is 18.0 Å². The second-order valence-electron chi connectivity index (χ2n) is 8.60. The first-order valence-electron chi connectivity index (χ1n) is 11.5. The zero-order valence-corrected chi connectivity index (χ0v) is 19.2. The zero-order chi connectivity index (χ0) is 23.8. The van der Waals surface area contributed by atoms with Gasteiger partial charge in [-0.3, -0.25) is 4.79 Å². The molecule has 3 N–H and O–H groups in total. The number of carboxylic acid groups (broad SMARTS) is 1. The van der Waals surface area contributed by atoms with Crippen LogP contribution in [0.2, 0.25) is 0 Å². The highest BCUT2D eigenvalue weighted by molar-refractivity contribution is 5.83. The number of hydrogen-bond acceptors (Lipinski definition) is 4. The van der Waals surface area contributed by atoms with Crippen molar-refractivity contribution in [1.29, 1.82) is 0 Å². The van der Waals surface area contributed by atoms with Gasteiger partial charge in [-0.1, -0.05) is 68.8 Å². The highest BCUT2D eigenvalue weighted by Crippen LogP contribution is 2.44. The first kappa shape index (κ1) is 24.3. The predicted octanol–water partition coefficient (Wildman–Crippen LogP) is 4.31. The zero-order valence-electron chi connectivity index (χ0n) is 19.2. The van der Waals surface area contributed by atoms with Crippen molar-refractivity contribution in [2.75, 3.05) is 13.2 Å². The van der Waals surface area contributed by atoms with Gasteiger partial charge >= 0.3 is 12.1 Å². The van der Waals surface area contributed by atoms with E-state index in [1.54, 1.807) is 0 Å². The quantitative estimate of drug-likeness (QED) is 0.471. The van der Waals surface area contributed by atoms with E-state index in [2.05, 4.69) is 34.9 Å². The number of benzene rings is 2. The van der Waals surface area contributed by atoms with E-state index >= 15 is 0 Å². The third-order valence-corrected chi connectivity index (χ3v) is 5.99. The van der Waals surface area contributed by atoms with Crippen LogP contribution in [-0.4, -0.2) is 42.3 Å². The number of fused-ring (bicyclic) bond motifs is 3. The van der Waals surface area contributed by atoms with Crippen molar-refractivity contribution in [3.8, 4) is 11.1 Å². The summed E-state index contributed by atoms with van der Waals surface area (Å²) in [6.45, 7) is 4.41. The molecule has 0 saturated carbocycles. The summed E-state index contributed by atoms with van der Waals surface area (Å²) in [5.74, 6) is -1.30. The molecule has 7 heteroatoms. The van der Waals surface area contributed by atoms with Crippen LogP contribution in [0.1, 0.15) is 56.6 Å². The van der Waals surface area contributed by atoms with Gasteiger partial charge in [0.25, 0.3) is 0 Å². The Morgan fingerprint density at radius 1 is 1.00 bits per heavy atom. The Bertz CT molecular complexity index is 945. The van der Waals surface area contributed by atoms with Crippen LogP contribution in [0.15, 0.2) is 48.5 Å². The van der Waals surface area contributed by atoms with E-state index in [4.69, 9.17) is 9.84 Å². The summed E-state index contributed by atoms with van der Waals surface area (Å²) in [5, 5.41) is 14.5. The molecule has 2 atom stereocenters. The molecule has 2 aromatic rings. The second-order valence-corrected chi connectivity index (χ2v) is 8.60. The van der Waals surface area contributed by atoms with Gasteiger partial charge in [0.15, 0.2) is 0 Å². The first-order valence-corrected chi connectivity index (χ1v) is 11.5. The summed E-state index contributed by atoms with van der Waals surface area (Å²) in [7, 11) is 0. The predicted molar refractivity (Wildman–Crippen MR) is 126 cm³/mol. The molecule has 0 radical (unpaired) electrons. The molecular weight excluding hydrogens is 420 g/mol. The minimum Gasteiger partial charge on any atom is -0.480 e. The molecule has 0 bridgehead atoms. The highest BCUT2D eigenvalue weighted by atomic mass is 16.5. The Morgan fingerprint density at radius 3 is 2.18 bits per heavy atom. The number of carboxylic acids is 1. The van der Waals surface area contributed by atoms with Crippen LogP contribution in [0.4, 0.5) is 4.79 Å². The van der Waals surface area contributed by atoms with Gasteiger partial charge in [0.2, 0.25) is 5.91 Å². The fourth-order valence-electron chi connectivity index (χ4n) is 4.29. The monoisotopic (exact) mass is 452 g/mol. The molecule has 3 rings (SSSR count). The average Bonchev–Trinajstić information content (AvgIpc) is 3.11. The molecular formula is C26H32N2O5. The van der Waals surface area contributed by atoms with Crippen molar-refractivity contribution in [2.24, 2.45) is 5.92 Å². The van der Waals surface area contributed by atoms with Crippen LogP contribution in [-0.2, 0) is 14.3 Å². The summed E-state index contributed by atoms with van der Waals surface area (Å²) in [4.78, 5) is 35.5. The number of nitrogens with one attached hydrogen (secondary N) is 2. The lowest BCUT2D eigenvalue weighted by atomic mass is 9.98. The molecule has 33 heavy (non-hydrogen) atoms. The molecule has 176 valence electrons. The molecule has 0 spiro atoms. The number of aliphatic carboxylic acids is 1. The molecule has 2 amide bonds. The lowest BCUT2D eigenvalue weighted by Crippen LogP contribution is -2.41. The van der Waals surface area contributed by atoms with Crippen molar-refractivity contribution in [3.63, 3.8) is 0 Å². The maximum absolute atomic E-state index is 12.2. The Hall–Kier alpha value is -3.35. The largest absolute Gasteiger partial charge is 0.480 e. The summed E-state index contributed by atoms with van der Waals surface area (Å²) >= 11 is 0. The standard InChI is InChI=1S/C26H32N2O5/c1-3-8-23(25(30)31)28-24(29)15-17(2)13-14-27-26(32)33-16-22-20-11-6-4-9-18(20)19-10-5-7-12-21(19)22/h4-7,9-12,17,22-23H,3,8,13-16H2,1-2H3,(H,27,32)(H,28,29)(H,30,31)/t17?,23-/m0/s1. The second kappa shape index (κ2) is 11.5. The van der Waals surface area contributed by atoms with Gasteiger partial charge in [-0.2, -0.15) is 0 Å². The number of amides is 2. The van der Waals surface area contributed by atoms with Gasteiger partial charge in [-0.15, -0.1) is 0 Å². The number of carbonyl (C=O) groups is 3. The molecule has 0 saturated heterocycles. The summed E-state index contributed by atoms with van der Waals surface area (Å²) < 4.78 is 5.51. The molecule has 1 unspecified atom stereocenters. The summed E-state index contributed by atoms with van der Waals surface area (Å²) in [6, 6.07) is 15.5. The number of alkyl carbamates (subject to hydrolysis) is 1. The fourth-order valence-corrected chi connectivity index (χ4v) is 4.29. The molecule has 2 aromatic carbocycles. The maximum atomic E-state index is 12.2. The van der Waals surface area contributed by atoms with Gasteiger partial charge in [0.05, 0.1) is 0 Å². The van der Waals surface area contributed by atoms with E-state index < -0.39 is 18.1 Å². The van der Waals surface area contributed by atoms with Crippen LogP contribution in [0.3, 0.4) is 0 Å². The van der Waals surface area contributed by atoms with E-state index in [-0.39, 0.29) is 30.8 Å². The SMILES string of the molecule is CCC[C@H](NC(=O)CC(C)CCNC(=O)OCC1c2ccccc2-c2ccccc21)C(=O)O. The number of carbonyl (C=O) groups excluding carboxylic acids is 2. The van der Waals surface area contributed by atoms with Gasteiger partial charge in [-0.05, 0) is 41.0 Å². The Kier molecular flexibility index (Phi) is 8.46. The smallest absolute Gasteiger partial charge is 0.407 e. The van der Waals surface area contributed by atoms with Gasteiger partial charge in [-0.25, -0.2) is 9.59 Å². The molecule has 7 nitrogen and oxygen atoms in total. The maximum Gasteiger partial charge on any atom is 0.407 e. The fraction of sp³-hybridized carbons (Fsp3) is 0.423. The van der Waals surface area contributed by atoms with E-state index in [0.717, 1.165) is 11.1 Å². The third-order valence-electron chi connectivity index (χ3n) is 5.99. The van der Waals surface area contributed by atoms with Crippen molar-refractivity contribution in [2.45, 2.75) is 51.5 Å². The average molecular weight is 453 g/mol. The normalized spacial score (nSPS) is 14.0. The Labute approximate surface area is 194 Å². The third kappa shape index (κ3) is 6.34. The molecule has 1 aliphatic rings. The lowest BCUT2D eigenvalue weighted by molar-refractivity contribution is -0.142. The molecule has 0 heterocycles. The van der Waals surface area contributed by atoms with Crippen molar-refractivity contribution in [3.05, 3.63) is 59.7 Å². The van der Waals surface area contributed by atoms with Gasteiger partial charge in [0.1, 0.15) is 12.6 Å². The van der Waals surface area contributed by atoms with Crippen LogP contribution >= 0.6 is 0 Å². The number of ether oxygens (including phenoxy) is 1. The first-order chi connectivity index (χ1) is 15.9. The topological polar surface area (TPSA) is 105 Å². The minimum atomic E-state index is -1.02. The molecule has 1 aliphatic carbocycles. The van der Waals surface area contributed by atoms with Gasteiger partial charge in [0, 0.05) is 18.9 Å². The Morgan fingerprint density at radius 2 is 1.61 bits per heavy atom. The Balaban J connectivity index is 1.41. The van der Waals surface area contributed by atoms with Crippen LogP contribution in [0.5, 0.6) is 0 Å². The van der Waals surface area contributed by atoms with Gasteiger partial charge < -0.3 is 20.5 Å². The lowest BCUT2D eigenvalue weighted by Gasteiger charge is -2.17. The number of hydrogen-bond donors (Lipinski definition) is 3. The summed E-state index contributed by atoms with van der Waals surface area (Å²) in [5.41, 5.74) is 4.68. The van der Waals surface area contributed by atoms with Crippen LogP contribution < -0.4 is 10.6 Å². The van der Waals surface area contributed by atoms with Crippen molar-refractivity contribution in [1.82, 2.24) is 10.6 Å². The number of rotatable bonds is 11. The van der Waals surface area contributed by atoms with E-state index in [1.807, 2.05) is 38.1 Å².